The van der Waals surface area contributed by atoms with E-state index in [2.05, 4.69) is 9.46 Å². The van der Waals surface area contributed by atoms with Crippen LogP contribution in [0.1, 0.15) is 25.3 Å². The Morgan fingerprint density at radius 2 is 2.10 bits per heavy atom. The average Bonchev–Trinajstić information content (AvgIpc) is 2.38. The summed E-state index contributed by atoms with van der Waals surface area (Å²) < 4.78 is 30.6. The van der Waals surface area contributed by atoms with Gasteiger partial charge in [-0.1, -0.05) is 13.0 Å². The second kappa shape index (κ2) is 7.14. The maximum absolute atomic E-state index is 11.8. The van der Waals surface area contributed by atoms with Crippen molar-refractivity contribution in [1.29, 1.82) is 0 Å². The van der Waals surface area contributed by atoms with Crippen molar-refractivity contribution in [2.75, 3.05) is 23.3 Å². The van der Waals surface area contributed by atoms with Gasteiger partial charge >= 0.3 is 5.97 Å². The van der Waals surface area contributed by atoms with Gasteiger partial charge in [0.1, 0.15) is 0 Å². The summed E-state index contributed by atoms with van der Waals surface area (Å²) in [6.45, 7) is 1.97. The van der Waals surface area contributed by atoms with Crippen molar-refractivity contribution in [2.24, 2.45) is 0 Å². The number of carbonyl (C=O) groups is 1. The minimum absolute atomic E-state index is 0.0777. The fraction of sp³-hybridized carbons (Fsp3) is 0.462. The van der Waals surface area contributed by atoms with Crippen LogP contribution in [0.5, 0.6) is 0 Å². The summed E-state index contributed by atoms with van der Waals surface area (Å²) in [5, 5.41) is 0. The molecule has 0 amide bonds. The predicted octanol–water partition coefficient (Wildman–Crippen LogP) is 1.53. The number of hydrogen-bond acceptors (Lipinski definition) is 5. The number of methoxy groups -OCH3 is 1. The third-order valence-corrected chi connectivity index (χ3v) is 4.19. The van der Waals surface area contributed by atoms with E-state index >= 15 is 0 Å². The summed E-state index contributed by atoms with van der Waals surface area (Å²) in [6.07, 6.45) is 1.08. The van der Waals surface area contributed by atoms with Crippen LogP contribution in [0.15, 0.2) is 18.2 Å². The van der Waals surface area contributed by atoms with E-state index in [1.54, 1.807) is 18.2 Å². The van der Waals surface area contributed by atoms with E-state index in [4.69, 9.17) is 5.73 Å². The zero-order valence-electron chi connectivity index (χ0n) is 11.7. The van der Waals surface area contributed by atoms with Gasteiger partial charge in [0.15, 0.2) is 0 Å². The van der Waals surface area contributed by atoms with Gasteiger partial charge in [-0.2, -0.15) is 0 Å². The molecule has 0 unspecified atom stereocenters. The van der Waals surface area contributed by atoms with Crippen LogP contribution in [0.25, 0.3) is 0 Å². The number of benzene rings is 1. The van der Waals surface area contributed by atoms with Gasteiger partial charge < -0.3 is 10.5 Å². The summed E-state index contributed by atoms with van der Waals surface area (Å²) >= 11 is 0. The molecule has 0 aliphatic rings. The number of ether oxygens (including phenoxy) is 1. The summed E-state index contributed by atoms with van der Waals surface area (Å²) in [5.41, 5.74) is 7.77. The van der Waals surface area contributed by atoms with Crippen molar-refractivity contribution in [2.45, 2.75) is 26.2 Å². The zero-order chi connectivity index (χ0) is 15.2. The normalized spacial score (nSPS) is 11.1. The second-order valence-electron chi connectivity index (χ2n) is 4.37. The standard InChI is InChI=1S/C13H20N2O4S/c1-3-10-6-7-11(9-12(10)14)15-20(17,18)8-4-5-13(16)19-2/h6-7,9,15H,3-5,8,14H2,1-2H3. The van der Waals surface area contributed by atoms with Gasteiger partial charge in [0.05, 0.1) is 18.6 Å². The van der Waals surface area contributed by atoms with Gasteiger partial charge in [-0.3, -0.25) is 9.52 Å². The SMILES string of the molecule is CCc1ccc(NS(=O)(=O)CCCC(=O)OC)cc1N. The molecule has 0 heterocycles. The maximum atomic E-state index is 11.8. The molecule has 112 valence electrons. The lowest BCUT2D eigenvalue weighted by molar-refractivity contribution is -0.140. The largest absolute Gasteiger partial charge is 0.469 e. The molecule has 1 rings (SSSR count). The minimum Gasteiger partial charge on any atom is -0.469 e. The lowest BCUT2D eigenvalue weighted by Crippen LogP contribution is -2.18. The first-order chi connectivity index (χ1) is 9.38. The predicted molar refractivity (Wildman–Crippen MR) is 78.9 cm³/mol. The number of nitrogen functional groups attached to an aromatic ring is 1. The molecule has 6 nitrogen and oxygen atoms in total. The number of aryl methyl sites for hydroxylation is 1. The Bertz CT molecular complexity index is 570. The van der Waals surface area contributed by atoms with Crippen molar-refractivity contribution in [1.82, 2.24) is 0 Å². The van der Waals surface area contributed by atoms with Gasteiger partial charge in [0, 0.05) is 12.1 Å². The molecule has 7 heteroatoms. The van der Waals surface area contributed by atoms with Crippen molar-refractivity contribution < 1.29 is 17.9 Å². The number of anilines is 2. The second-order valence-corrected chi connectivity index (χ2v) is 6.21. The zero-order valence-corrected chi connectivity index (χ0v) is 12.5. The molecule has 0 atom stereocenters. The molecule has 0 saturated heterocycles. The lowest BCUT2D eigenvalue weighted by Gasteiger charge is -2.10. The quantitative estimate of drug-likeness (QED) is 0.587. The Morgan fingerprint density at radius 3 is 2.65 bits per heavy atom. The number of carbonyl (C=O) groups excluding carboxylic acids is 1. The average molecular weight is 300 g/mol. The molecule has 0 aliphatic heterocycles. The highest BCUT2D eigenvalue weighted by atomic mass is 32.2. The number of nitrogens with two attached hydrogens (primary N) is 1. The van der Waals surface area contributed by atoms with Crippen LogP contribution in [0.2, 0.25) is 0 Å². The Balaban J connectivity index is 2.62. The first kappa shape index (κ1) is 16.3. The Hall–Kier alpha value is -1.76. The summed E-state index contributed by atoms with van der Waals surface area (Å²) in [7, 11) is -2.22. The third-order valence-electron chi connectivity index (χ3n) is 2.82. The summed E-state index contributed by atoms with van der Waals surface area (Å²) in [6, 6.07) is 5.06. The van der Waals surface area contributed by atoms with Gasteiger partial charge in [0.25, 0.3) is 0 Å². The van der Waals surface area contributed by atoms with Crippen molar-refractivity contribution in [3.8, 4) is 0 Å². The number of esters is 1. The van der Waals surface area contributed by atoms with Crippen LogP contribution in [-0.2, 0) is 26.0 Å². The molecule has 0 fully saturated rings. The molecule has 0 radical (unpaired) electrons. The molecule has 20 heavy (non-hydrogen) atoms. The smallest absolute Gasteiger partial charge is 0.305 e. The van der Waals surface area contributed by atoms with Crippen molar-refractivity contribution in [3.05, 3.63) is 23.8 Å². The van der Waals surface area contributed by atoms with E-state index in [1.807, 2.05) is 6.92 Å². The topological polar surface area (TPSA) is 98.5 Å². The highest BCUT2D eigenvalue weighted by molar-refractivity contribution is 7.92. The van der Waals surface area contributed by atoms with Crippen LogP contribution in [0.3, 0.4) is 0 Å². The fourth-order valence-electron chi connectivity index (χ4n) is 1.72. The van der Waals surface area contributed by atoms with E-state index in [9.17, 15) is 13.2 Å². The van der Waals surface area contributed by atoms with E-state index < -0.39 is 16.0 Å². The minimum atomic E-state index is -3.49. The molecule has 3 N–H and O–H groups in total. The molecule has 1 aromatic carbocycles. The Kier molecular flexibility index (Phi) is 5.82. The lowest BCUT2D eigenvalue weighted by atomic mass is 10.1. The third kappa shape index (κ3) is 5.08. The van der Waals surface area contributed by atoms with E-state index in [0.29, 0.717) is 11.4 Å². The van der Waals surface area contributed by atoms with Gasteiger partial charge in [-0.15, -0.1) is 0 Å². The molecule has 0 spiro atoms. The van der Waals surface area contributed by atoms with E-state index in [1.165, 1.54) is 7.11 Å². The van der Waals surface area contributed by atoms with E-state index in [0.717, 1.165) is 12.0 Å². The van der Waals surface area contributed by atoms with Crippen LogP contribution >= 0.6 is 0 Å². The molecular weight excluding hydrogens is 280 g/mol. The van der Waals surface area contributed by atoms with Crippen LogP contribution in [0, 0.1) is 0 Å². The van der Waals surface area contributed by atoms with Crippen molar-refractivity contribution >= 4 is 27.4 Å². The van der Waals surface area contributed by atoms with Crippen LogP contribution < -0.4 is 10.5 Å². The molecule has 0 bridgehead atoms. The van der Waals surface area contributed by atoms with Gasteiger partial charge in [-0.05, 0) is 30.5 Å². The number of hydrogen-bond donors (Lipinski definition) is 2. The van der Waals surface area contributed by atoms with Crippen LogP contribution in [-0.4, -0.2) is 27.2 Å². The highest BCUT2D eigenvalue weighted by Gasteiger charge is 2.12. The van der Waals surface area contributed by atoms with Crippen LogP contribution in [0.4, 0.5) is 11.4 Å². The molecule has 1 aromatic rings. The molecule has 0 aliphatic carbocycles. The summed E-state index contributed by atoms with van der Waals surface area (Å²) in [4.78, 5) is 10.9. The maximum Gasteiger partial charge on any atom is 0.305 e. The number of nitrogens with one attached hydrogen (secondary N) is 1. The Morgan fingerprint density at radius 1 is 1.40 bits per heavy atom. The molecule has 0 saturated carbocycles. The molecule has 0 aromatic heterocycles. The van der Waals surface area contributed by atoms with E-state index in [-0.39, 0.29) is 18.6 Å². The highest BCUT2D eigenvalue weighted by Crippen LogP contribution is 2.19. The number of rotatable bonds is 7. The van der Waals surface area contributed by atoms with Crippen molar-refractivity contribution in [3.63, 3.8) is 0 Å². The first-order valence-electron chi connectivity index (χ1n) is 6.33. The Labute approximate surface area is 119 Å². The summed E-state index contributed by atoms with van der Waals surface area (Å²) in [5.74, 6) is -0.561. The fourth-order valence-corrected chi connectivity index (χ4v) is 2.83. The number of sulfonamides is 1. The molecular formula is C13H20N2O4S. The monoisotopic (exact) mass is 300 g/mol. The van der Waals surface area contributed by atoms with Gasteiger partial charge in [0.2, 0.25) is 10.0 Å². The van der Waals surface area contributed by atoms with Gasteiger partial charge in [-0.25, -0.2) is 8.42 Å². The first-order valence-corrected chi connectivity index (χ1v) is 7.99.